The first-order valence-corrected chi connectivity index (χ1v) is 12.1. The second-order valence-electron chi connectivity index (χ2n) is 8.71. The van der Waals surface area contributed by atoms with Crippen LogP contribution in [0.25, 0.3) is 21.6 Å². The van der Waals surface area contributed by atoms with Gasteiger partial charge >= 0.3 is 0 Å². The second-order valence-corrected chi connectivity index (χ2v) is 10.00. The molecular weight excluding hydrogens is 463 g/mol. The number of nitrogens with one attached hydrogen (secondary N) is 1. The monoisotopic (exact) mass is 488 g/mol. The molecule has 35 heavy (non-hydrogen) atoms. The second kappa shape index (κ2) is 9.07. The third kappa shape index (κ3) is 4.23. The number of carbonyl (C=O) groups excluding carboxylic acids is 1. The maximum Gasteiger partial charge on any atom is 0.253 e. The molecule has 0 radical (unpaired) electrons. The number of halogens is 1. The zero-order valence-corrected chi connectivity index (χ0v) is 20.7. The average molecular weight is 489 g/mol. The summed E-state index contributed by atoms with van der Waals surface area (Å²) in [5.41, 5.74) is 2.10. The highest BCUT2D eigenvalue weighted by Crippen LogP contribution is 2.31. The van der Waals surface area contributed by atoms with Crippen molar-refractivity contribution in [2.45, 2.75) is 32.9 Å². The molecule has 1 atom stereocenters. The van der Waals surface area contributed by atoms with Gasteiger partial charge in [-0.05, 0) is 45.0 Å². The zero-order valence-electron chi connectivity index (χ0n) is 19.9. The van der Waals surface area contributed by atoms with Gasteiger partial charge < -0.3 is 9.88 Å². The van der Waals surface area contributed by atoms with Gasteiger partial charge in [-0.1, -0.05) is 18.2 Å². The van der Waals surface area contributed by atoms with E-state index in [0.717, 1.165) is 9.75 Å². The summed E-state index contributed by atoms with van der Waals surface area (Å²) < 4.78 is 18.4. The van der Waals surface area contributed by atoms with Crippen LogP contribution < -0.4 is 5.32 Å². The fourth-order valence-corrected chi connectivity index (χ4v) is 4.97. The number of aryl methyl sites for hydroxylation is 2. The van der Waals surface area contributed by atoms with Crippen molar-refractivity contribution in [3.63, 3.8) is 0 Å². The van der Waals surface area contributed by atoms with E-state index in [1.54, 1.807) is 58.8 Å². The normalized spacial score (nSPS) is 12.4. The van der Waals surface area contributed by atoms with Gasteiger partial charge in [0.15, 0.2) is 5.65 Å². The van der Waals surface area contributed by atoms with Gasteiger partial charge in [0.25, 0.3) is 5.91 Å². The van der Waals surface area contributed by atoms with E-state index in [1.165, 1.54) is 6.07 Å². The van der Waals surface area contributed by atoms with Crippen LogP contribution in [0.5, 0.6) is 0 Å². The predicted molar refractivity (Wildman–Crippen MR) is 135 cm³/mol. The number of aromatic nitrogens is 5. The molecule has 178 valence electrons. The summed E-state index contributed by atoms with van der Waals surface area (Å²) in [6, 6.07) is 11.5. The van der Waals surface area contributed by atoms with Gasteiger partial charge in [0.05, 0.1) is 27.7 Å². The minimum Gasteiger partial charge on any atom is -0.338 e. The summed E-state index contributed by atoms with van der Waals surface area (Å²) >= 11 is 1.61. The lowest BCUT2D eigenvalue weighted by Gasteiger charge is -2.20. The molecule has 0 aliphatic rings. The number of imidazole rings is 1. The largest absolute Gasteiger partial charge is 0.338 e. The van der Waals surface area contributed by atoms with Gasteiger partial charge in [-0.15, -0.1) is 11.3 Å². The summed E-state index contributed by atoms with van der Waals surface area (Å²) in [4.78, 5) is 25.2. The van der Waals surface area contributed by atoms with Gasteiger partial charge in [-0.25, -0.2) is 19.0 Å². The molecule has 4 heterocycles. The van der Waals surface area contributed by atoms with E-state index >= 15 is 0 Å². The quantitative estimate of drug-likeness (QED) is 0.345. The topological polar surface area (TPSA) is 77.6 Å². The van der Waals surface area contributed by atoms with Gasteiger partial charge in [0.1, 0.15) is 17.7 Å². The van der Waals surface area contributed by atoms with Crippen LogP contribution in [0.15, 0.2) is 61.1 Å². The highest BCUT2D eigenvalue weighted by Gasteiger charge is 2.26. The molecule has 0 aliphatic heterocycles. The van der Waals surface area contributed by atoms with Crippen molar-refractivity contribution in [1.82, 2.24) is 29.6 Å². The van der Waals surface area contributed by atoms with E-state index in [4.69, 9.17) is 4.98 Å². The number of nitrogens with zero attached hydrogens (tertiary/aromatic N) is 5. The standard InChI is InChI=1S/C26H25FN6OS/c1-15(2)33-24-19(14-29-33)18(13-21(30-24)22-10-9-16(3)35-22)26(34)31-23(25-28-11-12-32(25)4)17-7-5-6-8-20(17)27/h5-15,23H,1-4H3,(H,31,34)/t23-/m1/s1. The maximum atomic E-state index is 14.8. The van der Waals surface area contributed by atoms with Crippen LogP contribution in [-0.2, 0) is 7.05 Å². The van der Waals surface area contributed by atoms with Crippen molar-refractivity contribution in [1.29, 1.82) is 0 Å². The van der Waals surface area contributed by atoms with Crippen LogP contribution in [0.3, 0.4) is 0 Å². The van der Waals surface area contributed by atoms with Crippen LogP contribution in [0, 0.1) is 12.7 Å². The van der Waals surface area contributed by atoms with Crippen molar-refractivity contribution in [3.05, 3.63) is 88.7 Å². The Morgan fingerprint density at radius 1 is 1.17 bits per heavy atom. The fourth-order valence-electron chi connectivity index (χ4n) is 4.14. The molecule has 9 heteroatoms. The molecule has 7 nitrogen and oxygen atoms in total. The zero-order chi connectivity index (χ0) is 24.7. The molecule has 1 N–H and O–H groups in total. The molecule has 0 saturated heterocycles. The van der Waals surface area contributed by atoms with Gasteiger partial charge in [-0.2, -0.15) is 5.10 Å². The number of rotatable bonds is 6. The Labute approximate surface area is 206 Å². The first-order chi connectivity index (χ1) is 16.8. The summed E-state index contributed by atoms with van der Waals surface area (Å²) in [5, 5.41) is 8.16. The molecule has 0 spiro atoms. The molecule has 0 bridgehead atoms. The van der Waals surface area contributed by atoms with Gasteiger partial charge in [0.2, 0.25) is 0 Å². The van der Waals surface area contributed by atoms with E-state index in [0.29, 0.717) is 33.7 Å². The molecule has 4 aromatic heterocycles. The third-order valence-electron chi connectivity index (χ3n) is 5.90. The number of thiophene rings is 1. The van der Waals surface area contributed by atoms with Crippen LogP contribution in [0.1, 0.15) is 52.6 Å². The van der Waals surface area contributed by atoms with Crippen molar-refractivity contribution in [3.8, 4) is 10.6 Å². The molecular formula is C26H25FN6OS. The lowest BCUT2D eigenvalue weighted by atomic mass is 10.0. The first-order valence-electron chi connectivity index (χ1n) is 11.3. The Bertz CT molecular complexity index is 1530. The number of benzene rings is 1. The predicted octanol–water partition coefficient (Wildman–Crippen LogP) is 5.44. The number of carbonyl (C=O) groups is 1. The Hall–Kier alpha value is -3.85. The van der Waals surface area contributed by atoms with Gasteiger partial charge in [-0.3, -0.25) is 4.79 Å². The van der Waals surface area contributed by atoms with Crippen molar-refractivity contribution >= 4 is 28.3 Å². The van der Waals surface area contributed by atoms with Gasteiger partial charge in [0, 0.05) is 35.9 Å². The van der Waals surface area contributed by atoms with E-state index in [1.807, 2.05) is 44.6 Å². The number of hydrogen-bond acceptors (Lipinski definition) is 5. The average Bonchev–Trinajstić information content (AvgIpc) is 3.56. The third-order valence-corrected chi connectivity index (χ3v) is 6.92. The van der Waals surface area contributed by atoms with Crippen molar-refractivity contribution in [2.75, 3.05) is 0 Å². The molecule has 0 unspecified atom stereocenters. The number of fused-ring (bicyclic) bond motifs is 1. The highest BCUT2D eigenvalue weighted by molar-refractivity contribution is 7.15. The molecule has 1 aromatic carbocycles. The molecule has 0 fully saturated rings. The van der Waals surface area contributed by atoms with Crippen molar-refractivity contribution < 1.29 is 9.18 Å². The highest BCUT2D eigenvalue weighted by atomic mass is 32.1. The Morgan fingerprint density at radius 2 is 1.97 bits per heavy atom. The summed E-state index contributed by atoms with van der Waals surface area (Å²) in [7, 11) is 1.82. The Morgan fingerprint density at radius 3 is 2.63 bits per heavy atom. The first kappa shape index (κ1) is 22.9. The SMILES string of the molecule is Cc1ccc(-c2cc(C(=O)N[C@H](c3ccccc3F)c3nccn3C)c3cnn(C(C)C)c3n2)s1. The number of pyridine rings is 1. The van der Waals surface area contributed by atoms with Crippen LogP contribution in [-0.4, -0.2) is 30.2 Å². The van der Waals surface area contributed by atoms with E-state index in [9.17, 15) is 9.18 Å². The molecule has 5 aromatic rings. The fraction of sp³-hybridized carbons (Fsp3) is 0.231. The minimum absolute atomic E-state index is 0.0648. The summed E-state index contributed by atoms with van der Waals surface area (Å²) in [5.74, 6) is -0.240. The van der Waals surface area contributed by atoms with E-state index in [2.05, 4.69) is 15.4 Å². The van der Waals surface area contributed by atoms with E-state index in [-0.39, 0.29) is 11.9 Å². The van der Waals surface area contributed by atoms with Crippen LogP contribution in [0.4, 0.5) is 4.39 Å². The summed E-state index contributed by atoms with van der Waals surface area (Å²) in [6.45, 7) is 6.07. The maximum absolute atomic E-state index is 14.8. The molecule has 0 saturated carbocycles. The lowest BCUT2D eigenvalue weighted by Crippen LogP contribution is -2.32. The Balaban J connectivity index is 1.64. The van der Waals surface area contributed by atoms with Crippen LogP contribution >= 0.6 is 11.3 Å². The number of hydrogen-bond donors (Lipinski definition) is 1. The smallest absolute Gasteiger partial charge is 0.253 e. The van der Waals surface area contributed by atoms with E-state index < -0.39 is 11.9 Å². The number of amides is 1. The van der Waals surface area contributed by atoms with Crippen LogP contribution in [0.2, 0.25) is 0 Å². The molecule has 5 rings (SSSR count). The molecule has 0 aliphatic carbocycles. The summed E-state index contributed by atoms with van der Waals surface area (Å²) in [6.07, 6.45) is 5.06. The minimum atomic E-state index is -0.778. The Kier molecular flexibility index (Phi) is 5.94. The lowest BCUT2D eigenvalue weighted by molar-refractivity contribution is 0.0942. The van der Waals surface area contributed by atoms with Crippen molar-refractivity contribution in [2.24, 2.45) is 7.05 Å². The molecule has 1 amide bonds.